The summed E-state index contributed by atoms with van der Waals surface area (Å²) in [5.41, 5.74) is 1.44. The van der Waals surface area contributed by atoms with Crippen LogP contribution in [-0.2, 0) is 6.42 Å². The van der Waals surface area contributed by atoms with Gasteiger partial charge >= 0.3 is 0 Å². The van der Waals surface area contributed by atoms with Gasteiger partial charge in [-0.1, -0.05) is 34.1 Å². The number of nitrogens with one attached hydrogen (secondary N) is 1. The zero-order valence-electron chi connectivity index (χ0n) is 11.9. The van der Waals surface area contributed by atoms with E-state index in [1.807, 2.05) is 24.3 Å². The predicted molar refractivity (Wildman–Crippen MR) is 93.4 cm³/mol. The molecule has 0 bridgehead atoms. The summed E-state index contributed by atoms with van der Waals surface area (Å²) in [6, 6.07) is 13.6. The van der Waals surface area contributed by atoms with Crippen molar-refractivity contribution >= 4 is 38.3 Å². The van der Waals surface area contributed by atoms with Gasteiger partial charge in [-0.05, 0) is 35.9 Å². The first-order valence-electron chi connectivity index (χ1n) is 6.86. The predicted octanol–water partition coefficient (Wildman–Crippen LogP) is 4.89. The third kappa shape index (κ3) is 4.24. The first kappa shape index (κ1) is 15.8. The molecule has 1 amide bonds. The van der Waals surface area contributed by atoms with Gasteiger partial charge in [0.15, 0.2) is 5.13 Å². The number of aromatic nitrogens is 1. The molecule has 0 fully saturated rings. The summed E-state index contributed by atoms with van der Waals surface area (Å²) < 4.78 is 14.2. The number of amides is 1. The molecule has 0 atom stereocenters. The lowest BCUT2D eigenvalue weighted by Gasteiger charge is -2.01. The van der Waals surface area contributed by atoms with Crippen molar-refractivity contribution in [2.45, 2.75) is 6.42 Å². The number of hydrogen-bond donors (Lipinski definition) is 1. The maximum absolute atomic E-state index is 13.1. The Labute approximate surface area is 145 Å². The van der Waals surface area contributed by atoms with E-state index in [4.69, 9.17) is 0 Å². The largest absolute Gasteiger partial charge is 0.298 e. The van der Waals surface area contributed by atoms with Crippen LogP contribution in [0, 0.1) is 5.82 Å². The number of rotatable bonds is 4. The van der Waals surface area contributed by atoms with Gasteiger partial charge in [0.2, 0.25) is 0 Å². The number of hydrogen-bond acceptors (Lipinski definition) is 3. The Morgan fingerprint density at radius 1 is 1.22 bits per heavy atom. The monoisotopic (exact) mass is 390 g/mol. The van der Waals surface area contributed by atoms with Crippen LogP contribution < -0.4 is 5.32 Å². The van der Waals surface area contributed by atoms with E-state index in [1.54, 1.807) is 12.3 Å². The first-order chi connectivity index (χ1) is 11.1. The summed E-state index contributed by atoms with van der Waals surface area (Å²) in [7, 11) is 0. The van der Waals surface area contributed by atoms with Crippen molar-refractivity contribution in [1.82, 2.24) is 4.98 Å². The van der Waals surface area contributed by atoms with Crippen molar-refractivity contribution in [2.24, 2.45) is 0 Å². The number of carbonyl (C=O) groups is 1. The van der Waals surface area contributed by atoms with Crippen LogP contribution in [0.2, 0.25) is 0 Å². The molecule has 0 aliphatic rings. The van der Waals surface area contributed by atoms with Crippen LogP contribution in [0.4, 0.5) is 9.52 Å². The summed E-state index contributed by atoms with van der Waals surface area (Å²) >= 11 is 4.82. The fourth-order valence-electron chi connectivity index (χ4n) is 2.05. The van der Waals surface area contributed by atoms with E-state index >= 15 is 0 Å². The molecule has 0 aliphatic carbocycles. The summed E-state index contributed by atoms with van der Waals surface area (Å²) in [5.74, 6) is -0.804. The molecule has 1 N–H and O–H groups in total. The van der Waals surface area contributed by atoms with Gasteiger partial charge in [0.1, 0.15) is 5.82 Å². The highest BCUT2D eigenvalue weighted by Gasteiger charge is 2.10. The molecule has 0 aliphatic heterocycles. The maximum atomic E-state index is 13.1. The molecule has 3 nitrogen and oxygen atoms in total. The number of carbonyl (C=O) groups excluding carboxylic acids is 1. The SMILES string of the molecule is O=C(Nc1ncc(Cc2ccc(Br)cc2)s1)c1cccc(F)c1. The average Bonchev–Trinajstić information content (AvgIpc) is 2.96. The Morgan fingerprint density at radius 3 is 2.74 bits per heavy atom. The number of anilines is 1. The highest BCUT2D eigenvalue weighted by molar-refractivity contribution is 9.10. The quantitative estimate of drug-likeness (QED) is 0.688. The Hall–Kier alpha value is -2.05. The molecule has 0 unspecified atom stereocenters. The molecule has 116 valence electrons. The second-order valence-electron chi connectivity index (χ2n) is 4.90. The molecule has 3 aromatic rings. The van der Waals surface area contributed by atoms with Crippen LogP contribution in [0.1, 0.15) is 20.8 Å². The molecule has 0 spiro atoms. The molecule has 23 heavy (non-hydrogen) atoms. The molecule has 2 aromatic carbocycles. The molecule has 3 rings (SSSR count). The van der Waals surface area contributed by atoms with Crippen LogP contribution >= 0.6 is 27.3 Å². The molecule has 0 saturated carbocycles. The van der Waals surface area contributed by atoms with E-state index in [0.717, 1.165) is 15.8 Å². The van der Waals surface area contributed by atoms with Gasteiger partial charge in [0.05, 0.1) is 0 Å². The highest BCUT2D eigenvalue weighted by Crippen LogP contribution is 2.22. The molecular weight excluding hydrogens is 379 g/mol. The van der Waals surface area contributed by atoms with E-state index in [1.165, 1.54) is 35.1 Å². The highest BCUT2D eigenvalue weighted by atomic mass is 79.9. The fraction of sp³-hybridized carbons (Fsp3) is 0.0588. The Kier molecular flexibility index (Phi) is 4.83. The van der Waals surface area contributed by atoms with E-state index in [-0.39, 0.29) is 11.5 Å². The minimum atomic E-state index is -0.437. The van der Waals surface area contributed by atoms with Gasteiger partial charge in [-0.2, -0.15) is 0 Å². The second kappa shape index (κ2) is 7.02. The van der Waals surface area contributed by atoms with Crippen LogP contribution in [-0.4, -0.2) is 10.9 Å². The molecule has 1 heterocycles. The van der Waals surface area contributed by atoms with Gasteiger partial charge < -0.3 is 0 Å². The average molecular weight is 391 g/mol. The summed E-state index contributed by atoms with van der Waals surface area (Å²) in [6.07, 6.45) is 2.49. The van der Waals surface area contributed by atoms with Crippen molar-refractivity contribution in [3.63, 3.8) is 0 Å². The van der Waals surface area contributed by atoms with Gasteiger partial charge in [0, 0.05) is 27.5 Å². The lowest BCUT2D eigenvalue weighted by Crippen LogP contribution is -2.11. The van der Waals surface area contributed by atoms with Crippen molar-refractivity contribution < 1.29 is 9.18 Å². The van der Waals surface area contributed by atoms with E-state index < -0.39 is 5.82 Å². The van der Waals surface area contributed by atoms with Crippen LogP contribution in [0.5, 0.6) is 0 Å². The Bertz CT molecular complexity index is 833. The first-order valence-corrected chi connectivity index (χ1v) is 8.47. The van der Waals surface area contributed by atoms with E-state index in [2.05, 4.69) is 26.2 Å². The maximum Gasteiger partial charge on any atom is 0.257 e. The van der Waals surface area contributed by atoms with Crippen molar-refractivity contribution in [3.05, 3.63) is 81.0 Å². The van der Waals surface area contributed by atoms with Gasteiger partial charge in [-0.15, -0.1) is 11.3 Å². The minimum absolute atomic E-state index is 0.273. The molecule has 6 heteroatoms. The topological polar surface area (TPSA) is 42.0 Å². The minimum Gasteiger partial charge on any atom is -0.298 e. The smallest absolute Gasteiger partial charge is 0.257 e. The van der Waals surface area contributed by atoms with Crippen molar-refractivity contribution in [3.8, 4) is 0 Å². The van der Waals surface area contributed by atoms with Crippen LogP contribution in [0.15, 0.2) is 59.2 Å². The Balaban J connectivity index is 1.67. The third-order valence-corrected chi connectivity index (χ3v) is 4.59. The molecule has 0 radical (unpaired) electrons. The summed E-state index contributed by atoms with van der Waals surface area (Å²) in [6.45, 7) is 0. The second-order valence-corrected chi connectivity index (χ2v) is 6.93. The Morgan fingerprint density at radius 2 is 2.00 bits per heavy atom. The zero-order valence-corrected chi connectivity index (χ0v) is 14.3. The van der Waals surface area contributed by atoms with Gasteiger partial charge in [0.25, 0.3) is 5.91 Å². The lowest BCUT2D eigenvalue weighted by atomic mass is 10.1. The van der Waals surface area contributed by atoms with Gasteiger partial charge in [-0.25, -0.2) is 9.37 Å². The normalized spacial score (nSPS) is 10.5. The van der Waals surface area contributed by atoms with E-state index in [9.17, 15) is 9.18 Å². The molecular formula is C17H12BrFN2OS. The van der Waals surface area contributed by atoms with Gasteiger partial charge in [-0.3, -0.25) is 10.1 Å². The zero-order chi connectivity index (χ0) is 16.2. The molecule has 1 aromatic heterocycles. The lowest BCUT2D eigenvalue weighted by molar-refractivity contribution is 0.102. The van der Waals surface area contributed by atoms with Crippen molar-refractivity contribution in [1.29, 1.82) is 0 Å². The molecule has 0 saturated heterocycles. The van der Waals surface area contributed by atoms with Crippen molar-refractivity contribution in [2.75, 3.05) is 5.32 Å². The number of nitrogens with zero attached hydrogens (tertiary/aromatic N) is 1. The van der Waals surface area contributed by atoms with Crippen LogP contribution in [0.3, 0.4) is 0 Å². The number of halogens is 2. The number of thiazole rings is 1. The van der Waals surface area contributed by atoms with Crippen LogP contribution in [0.25, 0.3) is 0 Å². The van der Waals surface area contributed by atoms with E-state index in [0.29, 0.717) is 5.13 Å². The fourth-order valence-corrected chi connectivity index (χ4v) is 3.16. The standard InChI is InChI=1S/C17H12BrFN2OS/c18-13-6-4-11(5-7-13)8-15-10-20-17(23-15)21-16(22)12-2-1-3-14(19)9-12/h1-7,9-10H,8H2,(H,20,21,22). The summed E-state index contributed by atoms with van der Waals surface area (Å²) in [4.78, 5) is 17.3. The summed E-state index contributed by atoms with van der Waals surface area (Å²) in [5, 5.41) is 3.20. The third-order valence-electron chi connectivity index (χ3n) is 3.15. The number of benzene rings is 2.